The van der Waals surface area contributed by atoms with Crippen LogP contribution in [-0.2, 0) is 9.63 Å². The van der Waals surface area contributed by atoms with Gasteiger partial charge in [-0.15, -0.1) is 0 Å². The van der Waals surface area contributed by atoms with E-state index in [1.54, 1.807) is 56.7 Å². The van der Waals surface area contributed by atoms with Crippen molar-refractivity contribution < 1.29 is 19.1 Å². The van der Waals surface area contributed by atoms with Gasteiger partial charge in [-0.05, 0) is 30.3 Å². The number of benzene rings is 2. The lowest BCUT2D eigenvalue weighted by Gasteiger charge is -2.07. The number of hydrogen-bond donors (Lipinski definition) is 1. The van der Waals surface area contributed by atoms with Gasteiger partial charge in [-0.2, -0.15) is 0 Å². The van der Waals surface area contributed by atoms with Crippen LogP contribution in [0.5, 0.6) is 11.5 Å². The quantitative estimate of drug-likeness (QED) is 0.615. The number of carbonyl (C=O) groups is 1. The number of methoxy groups -OCH3 is 2. The monoisotopic (exact) mass is 348 g/mol. The Bertz CT molecular complexity index is 734. The fourth-order valence-corrected chi connectivity index (χ4v) is 2.06. The van der Waals surface area contributed by atoms with Crippen LogP contribution < -0.4 is 14.8 Å². The molecule has 1 N–H and O–H groups in total. The molecule has 2 aromatic rings. The van der Waals surface area contributed by atoms with Gasteiger partial charge in [-0.1, -0.05) is 28.9 Å². The first kappa shape index (κ1) is 17.6. The predicted octanol–water partition coefficient (Wildman–Crippen LogP) is 3.35. The van der Waals surface area contributed by atoms with Crippen LogP contribution in [0.15, 0.2) is 47.6 Å². The fourth-order valence-electron chi connectivity index (χ4n) is 1.88. The number of nitrogens with zero attached hydrogens (tertiary/aromatic N) is 1. The van der Waals surface area contributed by atoms with Crippen LogP contribution >= 0.6 is 11.6 Å². The number of anilines is 1. The van der Waals surface area contributed by atoms with Crippen molar-refractivity contribution >= 4 is 29.4 Å². The van der Waals surface area contributed by atoms with Gasteiger partial charge in [0.2, 0.25) is 0 Å². The molecule has 0 aliphatic carbocycles. The third-order valence-electron chi connectivity index (χ3n) is 3.05. The number of para-hydroxylation sites is 1. The third kappa shape index (κ3) is 4.89. The van der Waals surface area contributed by atoms with Gasteiger partial charge < -0.3 is 19.6 Å². The number of carbonyl (C=O) groups excluding carboxylic acids is 1. The highest BCUT2D eigenvalue weighted by Gasteiger charge is 2.06. The Labute approximate surface area is 145 Å². The molecule has 7 heteroatoms. The van der Waals surface area contributed by atoms with Crippen molar-refractivity contribution in [2.24, 2.45) is 5.16 Å². The molecule has 0 aliphatic rings. The Balaban J connectivity index is 1.90. The first-order valence-corrected chi connectivity index (χ1v) is 7.43. The Morgan fingerprint density at radius 3 is 2.71 bits per heavy atom. The zero-order chi connectivity index (χ0) is 17.4. The number of oxime groups is 1. The minimum atomic E-state index is -0.363. The van der Waals surface area contributed by atoms with E-state index in [0.717, 1.165) is 0 Å². The summed E-state index contributed by atoms with van der Waals surface area (Å²) in [7, 11) is 3.12. The summed E-state index contributed by atoms with van der Waals surface area (Å²) in [5.74, 6) is 0.912. The highest BCUT2D eigenvalue weighted by atomic mass is 35.5. The van der Waals surface area contributed by atoms with Crippen LogP contribution in [0.25, 0.3) is 0 Å². The Morgan fingerprint density at radius 1 is 1.21 bits per heavy atom. The van der Waals surface area contributed by atoms with Crippen molar-refractivity contribution in [2.75, 3.05) is 26.1 Å². The normalized spacial score (nSPS) is 10.5. The molecule has 126 valence electrons. The third-order valence-corrected chi connectivity index (χ3v) is 3.38. The first-order chi connectivity index (χ1) is 11.6. The molecule has 0 fully saturated rings. The Hall–Kier alpha value is -2.73. The number of amides is 1. The molecule has 0 bridgehead atoms. The summed E-state index contributed by atoms with van der Waals surface area (Å²) in [6.07, 6.45) is 1.45. The van der Waals surface area contributed by atoms with Gasteiger partial charge in [0.15, 0.2) is 6.61 Å². The standard InChI is InChI=1S/C17H17ClN2O4/c1-22-13-7-8-16(23-2)12(9-13)10-19-24-11-17(21)20-15-6-4-3-5-14(15)18/h3-10H,11H2,1-2H3,(H,20,21)/b19-10-. The summed E-state index contributed by atoms with van der Waals surface area (Å²) >= 11 is 5.96. The van der Waals surface area contributed by atoms with E-state index in [2.05, 4.69) is 10.5 Å². The molecule has 2 aromatic carbocycles. The minimum absolute atomic E-state index is 0.242. The molecule has 0 saturated heterocycles. The second-order valence-electron chi connectivity index (χ2n) is 4.64. The SMILES string of the molecule is COc1ccc(OC)c(/C=N\OCC(=O)Nc2ccccc2Cl)c1. The maximum Gasteiger partial charge on any atom is 0.265 e. The van der Waals surface area contributed by atoms with Crippen molar-refractivity contribution in [3.63, 3.8) is 0 Å². The molecule has 6 nitrogen and oxygen atoms in total. The summed E-state index contributed by atoms with van der Waals surface area (Å²) in [6, 6.07) is 12.2. The van der Waals surface area contributed by atoms with Crippen molar-refractivity contribution in [1.29, 1.82) is 0 Å². The highest BCUT2D eigenvalue weighted by Crippen LogP contribution is 2.22. The smallest absolute Gasteiger partial charge is 0.265 e. The lowest BCUT2D eigenvalue weighted by Crippen LogP contribution is -2.17. The van der Waals surface area contributed by atoms with E-state index < -0.39 is 0 Å². The van der Waals surface area contributed by atoms with Crippen molar-refractivity contribution in [2.45, 2.75) is 0 Å². The molecule has 0 atom stereocenters. The molecule has 0 saturated carbocycles. The molecule has 0 spiro atoms. The van der Waals surface area contributed by atoms with E-state index in [9.17, 15) is 4.79 Å². The summed E-state index contributed by atoms with van der Waals surface area (Å²) in [6.45, 7) is -0.242. The maximum absolute atomic E-state index is 11.8. The van der Waals surface area contributed by atoms with Gasteiger partial charge >= 0.3 is 0 Å². The van der Waals surface area contributed by atoms with E-state index in [-0.39, 0.29) is 12.5 Å². The average molecular weight is 349 g/mol. The maximum atomic E-state index is 11.8. The van der Waals surface area contributed by atoms with E-state index in [0.29, 0.717) is 27.8 Å². The van der Waals surface area contributed by atoms with Gasteiger partial charge in [-0.25, -0.2) is 0 Å². The van der Waals surface area contributed by atoms with Crippen LogP contribution in [0.3, 0.4) is 0 Å². The largest absolute Gasteiger partial charge is 0.497 e. The van der Waals surface area contributed by atoms with Gasteiger partial charge in [0.05, 0.1) is 31.1 Å². The Morgan fingerprint density at radius 2 is 2.00 bits per heavy atom. The molecule has 0 aliphatic heterocycles. The molecule has 0 aromatic heterocycles. The summed E-state index contributed by atoms with van der Waals surface area (Å²) in [5, 5.41) is 6.86. The van der Waals surface area contributed by atoms with Gasteiger partial charge in [0.25, 0.3) is 5.91 Å². The number of halogens is 1. The zero-order valence-electron chi connectivity index (χ0n) is 13.3. The van der Waals surface area contributed by atoms with Crippen LogP contribution in [0.1, 0.15) is 5.56 Å². The topological polar surface area (TPSA) is 69.1 Å². The molecule has 0 heterocycles. The lowest BCUT2D eigenvalue weighted by atomic mass is 10.2. The van der Waals surface area contributed by atoms with Gasteiger partial charge in [-0.3, -0.25) is 4.79 Å². The van der Waals surface area contributed by atoms with Crippen LogP contribution in [-0.4, -0.2) is 32.9 Å². The van der Waals surface area contributed by atoms with E-state index in [1.165, 1.54) is 6.21 Å². The predicted molar refractivity (Wildman–Crippen MR) is 93.2 cm³/mol. The first-order valence-electron chi connectivity index (χ1n) is 7.05. The molecule has 2 rings (SSSR count). The van der Waals surface area contributed by atoms with Crippen LogP contribution in [0.4, 0.5) is 5.69 Å². The number of hydrogen-bond acceptors (Lipinski definition) is 5. The van der Waals surface area contributed by atoms with Gasteiger partial charge in [0.1, 0.15) is 11.5 Å². The van der Waals surface area contributed by atoms with Gasteiger partial charge in [0, 0.05) is 5.56 Å². The van der Waals surface area contributed by atoms with Crippen molar-refractivity contribution in [1.82, 2.24) is 0 Å². The lowest BCUT2D eigenvalue weighted by molar-refractivity contribution is -0.120. The molecule has 0 unspecified atom stereocenters. The molecular weight excluding hydrogens is 332 g/mol. The fraction of sp³-hybridized carbons (Fsp3) is 0.176. The Kier molecular flexibility index (Phi) is 6.45. The zero-order valence-corrected chi connectivity index (χ0v) is 14.0. The number of nitrogens with one attached hydrogen (secondary N) is 1. The average Bonchev–Trinajstić information content (AvgIpc) is 2.60. The molecular formula is C17H17ClN2O4. The van der Waals surface area contributed by atoms with E-state index in [4.69, 9.17) is 25.9 Å². The minimum Gasteiger partial charge on any atom is -0.497 e. The van der Waals surface area contributed by atoms with Crippen LogP contribution in [0.2, 0.25) is 5.02 Å². The van der Waals surface area contributed by atoms with Crippen molar-refractivity contribution in [3.05, 3.63) is 53.1 Å². The second kappa shape index (κ2) is 8.79. The van der Waals surface area contributed by atoms with Crippen LogP contribution in [0, 0.1) is 0 Å². The van der Waals surface area contributed by atoms with E-state index >= 15 is 0 Å². The molecule has 0 radical (unpaired) electrons. The van der Waals surface area contributed by atoms with E-state index in [1.807, 2.05) is 0 Å². The second-order valence-corrected chi connectivity index (χ2v) is 5.05. The number of ether oxygens (including phenoxy) is 2. The molecule has 1 amide bonds. The summed E-state index contributed by atoms with van der Waals surface area (Å²) < 4.78 is 10.4. The molecule has 24 heavy (non-hydrogen) atoms. The number of rotatable bonds is 7. The highest BCUT2D eigenvalue weighted by molar-refractivity contribution is 6.33. The summed E-state index contributed by atoms with van der Waals surface area (Å²) in [4.78, 5) is 16.8. The van der Waals surface area contributed by atoms with Crippen molar-refractivity contribution in [3.8, 4) is 11.5 Å². The summed E-state index contributed by atoms with van der Waals surface area (Å²) in [5.41, 5.74) is 1.19.